The fraction of sp³-hybridized carbons (Fsp3) is 0.0500. The maximum absolute atomic E-state index is 13.7. The number of nitrogens with one attached hydrogen (secondary N) is 1. The van der Waals surface area contributed by atoms with Crippen molar-refractivity contribution in [3.05, 3.63) is 76.0 Å². The lowest BCUT2D eigenvalue weighted by atomic mass is 10.1. The second-order valence-electron chi connectivity index (χ2n) is 5.84. The summed E-state index contributed by atoms with van der Waals surface area (Å²) in [4.78, 5) is 21.2. The Morgan fingerprint density at radius 1 is 1.31 bits per heavy atom. The molecular formula is C20H13ClFN3O3S. The van der Waals surface area contributed by atoms with E-state index in [9.17, 15) is 9.18 Å². The summed E-state index contributed by atoms with van der Waals surface area (Å²) in [6.07, 6.45) is 1.58. The van der Waals surface area contributed by atoms with Crippen LogP contribution in [0.4, 0.5) is 15.2 Å². The average Bonchev–Trinajstić information content (AvgIpc) is 3.22. The highest BCUT2D eigenvalue weighted by Crippen LogP contribution is 2.27. The molecular weight excluding hydrogens is 417 g/mol. The van der Waals surface area contributed by atoms with Crippen LogP contribution < -0.4 is 15.6 Å². The topological polar surface area (TPSA) is 76.7 Å². The Bertz CT molecular complexity index is 1270. The van der Waals surface area contributed by atoms with E-state index in [1.165, 1.54) is 30.6 Å². The number of carbonyl (C=O) groups excluding carboxylic acids is 1. The SMILES string of the molecule is COc1cccc2cc(C(=O)Nc3nccs3)c(=Nc3cc(F)ccc3Cl)oc12. The Balaban J connectivity index is 1.95. The fourth-order valence-corrected chi connectivity index (χ4v) is 3.35. The van der Waals surface area contributed by atoms with E-state index in [0.29, 0.717) is 21.9 Å². The lowest BCUT2D eigenvalue weighted by molar-refractivity contribution is 0.102. The minimum Gasteiger partial charge on any atom is -0.493 e. The highest BCUT2D eigenvalue weighted by atomic mass is 35.5. The molecule has 4 aromatic rings. The van der Waals surface area contributed by atoms with E-state index in [-0.39, 0.29) is 21.8 Å². The summed E-state index contributed by atoms with van der Waals surface area (Å²) in [5.41, 5.74) is 0.630. The molecule has 2 aromatic heterocycles. The molecule has 0 aliphatic rings. The molecule has 0 radical (unpaired) electrons. The van der Waals surface area contributed by atoms with Crippen LogP contribution in [0.5, 0.6) is 5.75 Å². The Morgan fingerprint density at radius 2 is 2.17 bits per heavy atom. The number of ether oxygens (including phenoxy) is 1. The number of methoxy groups -OCH3 is 1. The third-order valence-corrected chi connectivity index (χ3v) is 4.99. The second kappa shape index (κ2) is 8.02. The molecule has 146 valence electrons. The summed E-state index contributed by atoms with van der Waals surface area (Å²) < 4.78 is 24.9. The highest BCUT2D eigenvalue weighted by molar-refractivity contribution is 7.13. The van der Waals surface area contributed by atoms with Crippen molar-refractivity contribution in [2.45, 2.75) is 0 Å². The van der Waals surface area contributed by atoms with Gasteiger partial charge in [-0.1, -0.05) is 23.7 Å². The third-order valence-electron chi connectivity index (χ3n) is 3.99. The molecule has 6 nitrogen and oxygen atoms in total. The normalized spacial score (nSPS) is 11.6. The molecule has 2 aromatic carbocycles. The number of hydrogen-bond acceptors (Lipinski definition) is 6. The summed E-state index contributed by atoms with van der Waals surface area (Å²) in [7, 11) is 1.51. The van der Waals surface area contributed by atoms with Crippen molar-refractivity contribution in [1.29, 1.82) is 0 Å². The van der Waals surface area contributed by atoms with Gasteiger partial charge < -0.3 is 9.15 Å². The van der Waals surface area contributed by atoms with Crippen LogP contribution in [0.1, 0.15) is 10.4 Å². The van der Waals surface area contributed by atoms with Gasteiger partial charge in [0.1, 0.15) is 11.4 Å². The smallest absolute Gasteiger partial charge is 0.262 e. The molecule has 0 aliphatic heterocycles. The molecule has 0 unspecified atom stereocenters. The van der Waals surface area contributed by atoms with Crippen LogP contribution in [0.2, 0.25) is 5.02 Å². The third kappa shape index (κ3) is 3.98. The minimum absolute atomic E-state index is 0.0384. The first-order valence-corrected chi connectivity index (χ1v) is 9.62. The predicted octanol–water partition coefficient (Wildman–Crippen LogP) is 5.18. The lowest BCUT2D eigenvalue weighted by Gasteiger charge is -2.08. The zero-order chi connectivity index (χ0) is 20.4. The standard InChI is InChI=1S/C20H13ClFN3O3S/c1-27-16-4-2-3-11-9-13(18(26)25-20-23-7-8-29-20)19(28-17(11)16)24-15-10-12(22)5-6-14(15)21/h2-10H,1H3,(H,23,25,26). The van der Waals surface area contributed by atoms with Crippen molar-refractivity contribution in [3.8, 4) is 5.75 Å². The molecule has 0 bridgehead atoms. The molecule has 0 spiro atoms. The van der Waals surface area contributed by atoms with Crippen LogP contribution in [0.15, 0.2) is 63.5 Å². The van der Waals surface area contributed by atoms with Crippen LogP contribution in [-0.4, -0.2) is 18.0 Å². The largest absolute Gasteiger partial charge is 0.493 e. The van der Waals surface area contributed by atoms with E-state index in [1.807, 2.05) is 0 Å². The summed E-state index contributed by atoms with van der Waals surface area (Å²) in [6, 6.07) is 10.7. The molecule has 2 heterocycles. The van der Waals surface area contributed by atoms with Gasteiger partial charge in [-0.3, -0.25) is 10.1 Å². The van der Waals surface area contributed by atoms with Crippen LogP contribution in [0.3, 0.4) is 0 Å². The predicted molar refractivity (Wildman–Crippen MR) is 109 cm³/mol. The van der Waals surface area contributed by atoms with Crippen LogP contribution >= 0.6 is 22.9 Å². The van der Waals surface area contributed by atoms with E-state index < -0.39 is 11.7 Å². The number of fused-ring (bicyclic) bond motifs is 1. The van der Waals surface area contributed by atoms with Gasteiger partial charge >= 0.3 is 0 Å². The number of para-hydroxylation sites is 1. The monoisotopic (exact) mass is 429 g/mol. The highest BCUT2D eigenvalue weighted by Gasteiger charge is 2.16. The average molecular weight is 430 g/mol. The van der Waals surface area contributed by atoms with Crippen molar-refractivity contribution >= 4 is 50.6 Å². The van der Waals surface area contributed by atoms with Crippen molar-refractivity contribution < 1.29 is 18.3 Å². The van der Waals surface area contributed by atoms with E-state index >= 15 is 0 Å². The number of carbonyl (C=O) groups is 1. The van der Waals surface area contributed by atoms with Gasteiger partial charge in [0.25, 0.3) is 5.91 Å². The Morgan fingerprint density at radius 3 is 2.93 bits per heavy atom. The summed E-state index contributed by atoms with van der Waals surface area (Å²) >= 11 is 7.41. The van der Waals surface area contributed by atoms with Gasteiger partial charge in [0.15, 0.2) is 16.5 Å². The molecule has 0 saturated carbocycles. The maximum atomic E-state index is 13.7. The lowest BCUT2D eigenvalue weighted by Crippen LogP contribution is -2.21. The first-order chi connectivity index (χ1) is 14.0. The van der Waals surface area contributed by atoms with Crippen LogP contribution in [-0.2, 0) is 0 Å². The quantitative estimate of drug-likeness (QED) is 0.485. The van der Waals surface area contributed by atoms with Crippen molar-refractivity contribution in [1.82, 2.24) is 4.98 Å². The second-order valence-corrected chi connectivity index (χ2v) is 7.14. The van der Waals surface area contributed by atoms with E-state index in [2.05, 4.69) is 15.3 Å². The number of thiazole rings is 1. The summed E-state index contributed by atoms with van der Waals surface area (Å²) in [5.74, 6) is -0.517. The van der Waals surface area contributed by atoms with Gasteiger partial charge in [-0.25, -0.2) is 14.4 Å². The molecule has 1 amide bonds. The molecule has 0 fully saturated rings. The number of hydrogen-bond donors (Lipinski definition) is 1. The van der Waals surface area contributed by atoms with Gasteiger partial charge in [-0.05, 0) is 24.3 Å². The summed E-state index contributed by atoms with van der Waals surface area (Å²) in [6.45, 7) is 0. The number of benzene rings is 2. The van der Waals surface area contributed by atoms with E-state index in [1.54, 1.807) is 35.8 Å². The van der Waals surface area contributed by atoms with Crippen LogP contribution in [0, 0.1) is 5.82 Å². The Labute approximate surface area is 173 Å². The fourth-order valence-electron chi connectivity index (χ4n) is 2.66. The van der Waals surface area contributed by atoms with Crippen molar-refractivity contribution in [2.75, 3.05) is 12.4 Å². The van der Waals surface area contributed by atoms with Gasteiger partial charge in [0.05, 0.1) is 17.8 Å². The number of nitrogens with zero attached hydrogens (tertiary/aromatic N) is 2. The van der Waals surface area contributed by atoms with Crippen molar-refractivity contribution in [3.63, 3.8) is 0 Å². The molecule has 0 saturated heterocycles. The summed E-state index contributed by atoms with van der Waals surface area (Å²) in [5, 5.41) is 5.71. The molecule has 1 N–H and O–H groups in total. The van der Waals surface area contributed by atoms with Gasteiger partial charge in [-0.15, -0.1) is 11.3 Å². The van der Waals surface area contributed by atoms with Crippen molar-refractivity contribution in [2.24, 2.45) is 4.99 Å². The zero-order valence-electron chi connectivity index (χ0n) is 15.0. The first kappa shape index (κ1) is 19.1. The number of amides is 1. The number of aromatic nitrogens is 1. The van der Waals surface area contributed by atoms with E-state index in [4.69, 9.17) is 20.8 Å². The molecule has 4 rings (SSSR count). The molecule has 29 heavy (non-hydrogen) atoms. The minimum atomic E-state index is -0.514. The Hall–Kier alpha value is -3.23. The van der Waals surface area contributed by atoms with E-state index in [0.717, 1.165) is 6.07 Å². The zero-order valence-corrected chi connectivity index (χ0v) is 16.6. The van der Waals surface area contributed by atoms with Gasteiger partial charge in [0, 0.05) is 23.0 Å². The van der Waals surface area contributed by atoms with Gasteiger partial charge in [-0.2, -0.15) is 0 Å². The number of anilines is 1. The number of halogens is 2. The Kier molecular flexibility index (Phi) is 5.28. The van der Waals surface area contributed by atoms with Gasteiger partial charge in [0.2, 0.25) is 5.55 Å². The molecule has 0 aliphatic carbocycles. The molecule has 0 atom stereocenters. The maximum Gasteiger partial charge on any atom is 0.262 e. The number of rotatable bonds is 4. The van der Waals surface area contributed by atoms with Crippen LogP contribution in [0.25, 0.3) is 11.0 Å². The first-order valence-electron chi connectivity index (χ1n) is 8.36. The molecule has 9 heteroatoms.